The Hall–Kier alpha value is -2.14. The molecule has 1 amide bonds. The lowest BCUT2D eigenvalue weighted by Gasteiger charge is -2.15. The fourth-order valence-electron chi connectivity index (χ4n) is 4.55. The number of hydrogen-bond donors (Lipinski definition) is 1. The molecule has 2 aliphatic carbocycles. The molecule has 0 spiro atoms. The summed E-state index contributed by atoms with van der Waals surface area (Å²) in [6.45, 7) is 2.72. The van der Waals surface area contributed by atoms with E-state index in [1.165, 1.54) is 19.3 Å². The summed E-state index contributed by atoms with van der Waals surface area (Å²) in [6.07, 6.45) is 6.49. The number of carbonyl (C=O) groups excluding carboxylic acids is 1. The Morgan fingerprint density at radius 3 is 2.79 bits per heavy atom. The highest BCUT2D eigenvalue weighted by molar-refractivity contribution is 9.10. The van der Waals surface area contributed by atoms with Gasteiger partial charge in [-0.05, 0) is 54.0 Å². The van der Waals surface area contributed by atoms with Crippen LogP contribution >= 0.6 is 15.9 Å². The number of amides is 1. The number of para-hydroxylation sites is 1. The zero-order valence-corrected chi connectivity index (χ0v) is 17.6. The predicted octanol–water partition coefficient (Wildman–Crippen LogP) is 5.30. The SMILES string of the molecule is C[C@]12CCCC[C@@H]1[C@H]2C(=O)N/N=C\c1ccccc1OCc1ccc(Br)cc1. The number of fused-ring (bicyclic) bond motifs is 1. The molecule has 2 fully saturated rings. The molecular weight excluding hydrogens is 416 g/mol. The van der Waals surface area contributed by atoms with Gasteiger partial charge in [-0.1, -0.05) is 60.0 Å². The number of carbonyl (C=O) groups is 1. The minimum absolute atomic E-state index is 0.0545. The van der Waals surface area contributed by atoms with Gasteiger partial charge in [-0.2, -0.15) is 5.10 Å². The summed E-state index contributed by atoms with van der Waals surface area (Å²) in [5, 5.41) is 4.21. The summed E-state index contributed by atoms with van der Waals surface area (Å²) in [5.74, 6) is 1.46. The maximum Gasteiger partial charge on any atom is 0.244 e. The molecular formula is C23H25BrN2O2. The van der Waals surface area contributed by atoms with Gasteiger partial charge >= 0.3 is 0 Å². The van der Waals surface area contributed by atoms with E-state index in [9.17, 15) is 4.79 Å². The van der Waals surface area contributed by atoms with Crippen molar-refractivity contribution in [2.24, 2.45) is 22.4 Å². The van der Waals surface area contributed by atoms with Crippen LogP contribution < -0.4 is 10.2 Å². The number of ether oxygens (including phenoxy) is 1. The molecule has 0 bridgehead atoms. The van der Waals surface area contributed by atoms with Crippen molar-refractivity contribution in [2.75, 3.05) is 0 Å². The van der Waals surface area contributed by atoms with Crippen LogP contribution in [-0.4, -0.2) is 12.1 Å². The third kappa shape index (κ3) is 4.00. The van der Waals surface area contributed by atoms with E-state index in [2.05, 4.69) is 33.4 Å². The monoisotopic (exact) mass is 440 g/mol. The summed E-state index contributed by atoms with van der Waals surface area (Å²) in [6, 6.07) is 15.8. The number of nitrogens with zero attached hydrogens (tertiary/aromatic N) is 1. The standard InChI is InChI=1S/C23H25BrN2O2/c1-23-13-5-4-7-19(23)21(23)22(27)26-25-14-17-6-2-3-8-20(17)28-15-16-9-11-18(24)12-10-16/h2-3,6,8-12,14,19,21H,4-5,7,13,15H2,1H3,(H,26,27)/b25-14-/t19-,21+,23+/m1/s1. The Balaban J connectivity index is 1.35. The molecule has 2 aromatic rings. The van der Waals surface area contributed by atoms with Gasteiger partial charge in [-0.25, -0.2) is 5.43 Å². The van der Waals surface area contributed by atoms with Crippen LogP contribution in [0.1, 0.15) is 43.7 Å². The molecule has 146 valence electrons. The predicted molar refractivity (Wildman–Crippen MR) is 114 cm³/mol. The third-order valence-corrected chi connectivity index (χ3v) is 6.75. The third-order valence-electron chi connectivity index (χ3n) is 6.22. The first-order chi connectivity index (χ1) is 13.6. The maximum atomic E-state index is 12.5. The Morgan fingerprint density at radius 2 is 2.04 bits per heavy atom. The number of benzene rings is 2. The maximum absolute atomic E-state index is 12.5. The van der Waals surface area contributed by atoms with Crippen molar-refractivity contribution in [1.82, 2.24) is 5.43 Å². The van der Waals surface area contributed by atoms with Crippen LogP contribution in [0, 0.1) is 17.3 Å². The lowest BCUT2D eigenvalue weighted by Crippen LogP contribution is -2.22. The number of hydrogen-bond acceptors (Lipinski definition) is 3. The van der Waals surface area contributed by atoms with E-state index in [1.54, 1.807) is 6.21 Å². The molecule has 0 saturated heterocycles. The Labute approximate surface area is 174 Å². The zero-order valence-electron chi connectivity index (χ0n) is 16.0. The lowest BCUT2D eigenvalue weighted by atomic mass is 9.90. The van der Waals surface area contributed by atoms with Crippen LogP contribution in [-0.2, 0) is 11.4 Å². The molecule has 0 aliphatic heterocycles. The summed E-state index contributed by atoms with van der Waals surface area (Å²) >= 11 is 3.44. The van der Waals surface area contributed by atoms with Crippen molar-refractivity contribution in [3.05, 3.63) is 64.1 Å². The van der Waals surface area contributed by atoms with Crippen molar-refractivity contribution in [2.45, 2.75) is 39.2 Å². The molecule has 2 aliphatic rings. The highest BCUT2D eigenvalue weighted by Gasteiger charge is 2.64. The van der Waals surface area contributed by atoms with E-state index >= 15 is 0 Å². The Bertz CT molecular complexity index is 880. The summed E-state index contributed by atoms with van der Waals surface area (Å²) in [5.41, 5.74) is 4.89. The second-order valence-corrected chi connectivity index (χ2v) is 8.94. The first-order valence-electron chi connectivity index (χ1n) is 9.87. The van der Waals surface area contributed by atoms with Crippen LogP contribution in [0.5, 0.6) is 5.75 Å². The van der Waals surface area contributed by atoms with Crippen LogP contribution in [0.2, 0.25) is 0 Å². The molecule has 4 rings (SSSR count). The highest BCUT2D eigenvalue weighted by Crippen LogP contribution is 2.66. The minimum Gasteiger partial charge on any atom is -0.488 e. The van der Waals surface area contributed by atoms with Gasteiger partial charge < -0.3 is 4.74 Å². The second-order valence-electron chi connectivity index (χ2n) is 8.02. The fraction of sp³-hybridized carbons (Fsp3) is 0.391. The van der Waals surface area contributed by atoms with Crippen molar-refractivity contribution in [1.29, 1.82) is 0 Å². The average Bonchev–Trinajstić information content (AvgIpc) is 3.34. The number of hydrazone groups is 1. The first-order valence-corrected chi connectivity index (χ1v) is 10.7. The smallest absolute Gasteiger partial charge is 0.244 e. The zero-order chi connectivity index (χ0) is 19.6. The van der Waals surface area contributed by atoms with E-state index in [0.717, 1.165) is 27.8 Å². The van der Waals surface area contributed by atoms with E-state index in [-0.39, 0.29) is 17.2 Å². The molecule has 0 heterocycles. The normalized spacial score (nSPS) is 25.9. The van der Waals surface area contributed by atoms with Crippen molar-refractivity contribution >= 4 is 28.1 Å². The van der Waals surface area contributed by atoms with Gasteiger partial charge in [0.2, 0.25) is 5.91 Å². The van der Waals surface area contributed by atoms with Crippen LogP contribution in [0.4, 0.5) is 0 Å². The van der Waals surface area contributed by atoms with E-state index < -0.39 is 0 Å². The van der Waals surface area contributed by atoms with Gasteiger partial charge in [0.25, 0.3) is 0 Å². The van der Waals surface area contributed by atoms with Crippen molar-refractivity contribution < 1.29 is 9.53 Å². The molecule has 4 nitrogen and oxygen atoms in total. The summed E-state index contributed by atoms with van der Waals surface area (Å²) in [7, 11) is 0. The molecule has 0 aromatic heterocycles. The average molecular weight is 441 g/mol. The van der Waals surface area contributed by atoms with Gasteiger partial charge in [-0.15, -0.1) is 0 Å². The van der Waals surface area contributed by atoms with Gasteiger partial charge in [0.05, 0.1) is 6.21 Å². The molecule has 28 heavy (non-hydrogen) atoms. The van der Waals surface area contributed by atoms with Crippen molar-refractivity contribution in [3.8, 4) is 5.75 Å². The Kier molecular flexibility index (Phi) is 5.54. The van der Waals surface area contributed by atoms with E-state index in [0.29, 0.717) is 12.5 Å². The number of halogens is 1. The molecule has 2 aromatic carbocycles. The molecule has 2 saturated carbocycles. The molecule has 5 heteroatoms. The van der Waals surface area contributed by atoms with Gasteiger partial charge in [0.1, 0.15) is 12.4 Å². The van der Waals surface area contributed by atoms with Crippen LogP contribution in [0.3, 0.4) is 0 Å². The van der Waals surface area contributed by atoms with E-state index in [4.69, 9.17) is 4.74 Å². The van der Waals surface area contributed by atoms with Crippen LogP contribution in [0.15, 0.2) is 58.1 Å². The largest absolute Gasteiger partial charge is 0.488 e. The molecule has 0 unspecified atom stereocenters. The quantitative estimate of drug-likeness (QED) is 0.488. The number of nitrogens with one attached hydrogen (secondary N) is 1. The number of rotatable bonds is 6. The molecule has 1 N–H and O–H groups in total. The summed E-state index contributed by atoms with van der Waals surface area (Å²) in [4.78, 5) is 12.5. The topological polar surface area (TPSA) is 50.7 Å². The van der Waals surface area contributed by atoms with Crippen LogP contribution in [0.25, 0.3) is 0 Å². The first kappa shape index (κ1) is 19.2. The van der Waals surface area contributed by atoms with Gasteiger partial charge in [0, 0.05) is 16.0 Å². The van der Waals surface area contributed by atoms with Gasteiger partial charge in [-0.3, -0.25) is 4.79 Å². The van der Waals surface area contributed by atoms with Gasteiger partial charge in [0.15, 0.2) is 0 Å². The highest BCUT2D eigenvalue weighted by atomic mass is 79.9. The lowest BCUT2D eigenvalue weighted by molar-refractivity contribution is -0.123. The summed E-state index contributed by atoms with van der Waals surface area (Å²) < 4.78 is 7.00. The minimum atomic E-state index is 0.0545. The van der Waals surface area contributed by atoms with E-state index in [1.807, 2.05) is 48.5 Å². The van der Waals surface area contributed by atoms with Crippen molar-refractivity contribution in [3.63, 3.8) is 0 Å². The second kappa shape index (κ2) is 8.08. The Morgan fingerprint density at radius 1 is 1.25 bits per heavy atom. The fourth-order valence-corrected chi connectivity index (χ4v) is 4.81. The molecule has 3 atom stereocenters. The molecule has 0 radical (unpaired) electrons.